The van der Waals surface area contributed by atoms with Crippen LogP contribution < -0.4 is 0 Å². The van der Waals surface area contributed by atoms with Gasteiger partial charge in [-0.15, -0.1) is 0 Å². The Hall–Kier alpha value is -0.760. The molecule has 6 heteroatoms. The third-order valence-corrected chi connectivity index (χ3v) is 3.60. The molecule has 1 saturated heterocycles. The lowest BCUT2D eigenvalue weighted by Gasteiger charge is -2.22. The van der Waals surface area contributed by atoms with Crippen molar-refractivity contribution >= 4 is 33.6 Å². The van der Waals surface area contributed by atoms with Gasteiger partial charge in [-0.05, 0) is 35.4 Å². The molecule has 1 atom stereocenters. The summed E-state index contributed by atoms with van der Waals surface area (Å²) in [6.45, 7) is 1.60. The molecule has 0 N–H and O–H groups in total. The zero-order valence-corrected chi connectivity index (χ0v) is 10.8. The van der Waals surface area contributed by atoms with Crippen molar-refractivity contribution in [1.82, 2.24) is 19.7 Å². The van der Waals surface area contributed by atoms with Gasteiger partial charge in [-0.1, -0.05) is 0 Å². The van der Waals surface area contributed by atoms with Crippen molar-refractivity contribution in [1.29, 1.82) is 0 Å². The summed E-state index contributed by atoms with van der Waals surface area (Å²) in [4.78, 5) is 8.34. The molecule has 0 amide bonds. The van der Waals surface area contributed by atoms with Crippen molar-refractivity contribution in [3.8, 4) is 0 Å². The Kier molecular flexibility index (Phi) is 2.76. The normalized spacial score (nSPS) is 21.4. The van der Waals surface area contributed by atoms with Gasteiger partial charge in [0, 0.05) is 12.8 Å². The third kappa shape index (κ3) is 1.69. The fraction of sp³-hybridized carbons (Fsp3) is 0.500. The van der Waals surface area contributed by atoms with E-state index in [1.165, 1.54) is 0 Å². The summed E-state index contributed by atoms with van der Waals surface area (Å²) in [7, 11) is 0. The van der Waals surface area contributed by atoms with E-state index in [1.54, 1.807) is 6.33 Å². The van der Waals surface area contributed by atoms with Crippen LogP contribution in [0.25, 0.3) is 11.0 Å². The highest BCUT2D eigenvalue weighted by atomic mass is 127. The van der Waals surface area contributed by atoms with Gasteiger partial charge in [0.05, 0.1) is 18.0 Å². The van der Waals surface area contributed by atoms with Gasteiger partial charge in [-0.2, -0.15) is 5.10 Å². The molecule has 1 aliphatic heterocycles. The Morgan fingerprint density at radius 2 is 2.44 bits per heavy atom. The number of ether oxygens (including phenoxy) is 1. The van der Waals surface area contributed by atoms with Crippen molar-refractivity contribution < 1.29 is 4.74 Å². The summed E-state index contributed by atoms with van der Waals surface area (Å²) >= 11 is 2.22. The van der Waals surface area contributed by atoms with E-state index in [9.17, 15) is 0 Å². The standard InChI is InChI=1S/C10H11IN4O/c11-9-8-4-12-6-13-10(8)15(14-9)7-2-1-3-16-5-7/h4,6-7H,1-3,5H2. The first-order valence-corrected chi connectivity index (χ1v) is 6.35. The SMILES string of the molecule is Ic1nn(C2CCCOC2)c2ncncc12. The molecule has 1 aliphatic rings. The number of hydrogen-bond donors (Lipinski definition) is 0. The number of rotatable bonds is 1. The van der Waals surface area contributed by atoms with E-state index in [0.29, 0.717) is 6.04 Å². The Bertz CT molecular complexity index is 506. The number of halogens is 1. The molecule has 3 rings (SSSR count). The largest absolute Gasteiger partial charge is 0.379 e. The number of fused-ring (bicyclic) bond motifs is 1. The maximum absolute atomic E-state index is 5.49. The molecular formula is C10H11IN4O. The van der Waals surface area contributed by atoms with E-state index < -0.39 is 0 Å². The van der Waals surface area contributed by atoms with Gasteiger partial charge in [-0.25, -0.2) is 14.6 Å². The molecule has 5 nitrogen and oxygen atoms in total. The molecule has 0 radical (unpaired) electrons. The highest BCUT2D eigenvalue weighted by Gasteiger charge is 2.20. The van der Waals surface area contributed by atoms with Gasteiger partial charge in [0.15, 0.2) is 5.65 Å². The fourth-order valence-corrected chi connectivity index (χ4v) is 2.63. The van der Waals surface area contributed by atoms with E-state index in [-0.39, 0.29) is 0 Å². The van der Waals surface area contributed by atoms with Gasteiger partial charge in [0.1, 0.15) is 10.0 Å². The lowest BCUT2D eigenvalue weighted by atomic mass is 10.1. The zero-order chi connectivity index (χ0) is 11.0. The molecule has 16 heavy (non-hydrogen) atoms. The molecule has 0 spiro atoms. The smallest absolute Gasteiger partial charge is 0.162 e. The van der Waals surface area contributed by atoms with Crippen LogP contribution in [0.15, 0.2) is 12.5 Å². The Labute approximate surface area is 106 Å². The van der Waals surface area contributed by atoms with Crippen molar-refractivity contribution in [2.45, 2.75) is 18.9 Å². The zero-order valence-electron chi connectivity index (χ0n) is 8.64. The summed E-state index contributed by atoms with van der Waals surface area (Å²) < 4.78 is 8.43. The summed E-state index contributed by atoms with van der Waals surface area (Å²) in [6, 6.07) is 0.315. The molecule has 2 aromatic rings. The number of aromatic nitrogens is 4. The van der Waals surface area contributed by atoms with E-state index in [1.807, 2.05) is 10.9 Å². The predicted octanol–water partition coefficient (Wildman–Crippen LogP) is 1.78. The highest BCUT2D eigenvalue weighted by molar-refractivity contribution is 14.1. The van der Waals surface area contributed by atoms with Crippen LogP contribution in [0.4, 0.5) is 0 Å². The highest BCUT2D eigenvalue weighted by Crippen LogP contribution is 2.25. The van der Waals surface area contributed by atoms with E-state index in [0.717, 1.165) is 40.8 Å². The molecule has 3 heterocycles. The van der Waals surface area contributed by atoms with Crippen LogP contribution in [0, 0.1) is 3.70 Å². The summed E-state index contributed by atoms with van der Waals surface area (Å²) in [6.07, 6.45) is 5.59. The van der Waals surface area contributed by atoms with Crippen LogP contribution in [0.1, 0.15) is 18.9 Å². The van der Waals surface area contributed by atoms with E-state index in [4.69, 9.17) is 4.74 Å². The van der Waals surface area contributed by atoms with Crippen LogP contribution in [0.3, 0.4) is 0 Å². The van der Waals surface area contributed by atoms with Crippen LogP contribution in [-0.2, 0) is 4.74 Å². The molecule has 0 aromatic carbocycles. The van der Waals surface area contributed by atoms with Crippen LogP contribution in [-0.4, -0.2) is 33.0 Å². The molecular weight excluding hydrogens is 319 g/mol. The maximum Gasteiger partial charge on any atom is 0.162 e. The van der Waals surface area contributed by atoms with E-state index >= 15 is 0 Å². The first kappa shape index (κ1) is 10.4. The topological polar surface area (TPSA) is 52.8 Å². The Morgan fingerprint density at radius 1 is 1.50 bits per heavy atom. The Morgan fingerprint density at radius 3 is 3.25 bits per heavy atom. The quantitative estimate of drug-likeness (QED) is 0.748. The lowest BCUT2D eigenvalue weighted by Crippen LogP contribution is -2.22. The molecule has 2 aromatic heterocycles. The van der Waals surface area contributed by atoms with Gasteiger partial charge < -0.3 is 4.74 Å². The van der Waals surface area contributed by atoms with Gasteiger partial charge in [0.25, 0.3) is 0 Å². The average molecular weight is 330 g/mol. The summed E-state index contributed by atoms with van der Waals surface area (Å²) in [5.74, 6) is 0. The fourth-order valence-electron chi connectivity index (χ4n) is 2.02. The van der Waals surface area contributed by atoms with Crippen molar-refractivity contribution in [3.63, 3.8) is 0 Å². The molecule has 84 valence electrons. The van der Waals surface area contributed by atoms with E-state index in [2.05, 4.69) is 37.7 Å². The van der Waals surface area contributed by atoms with Crippen molar-refractivity contribution in [2.24, 2.45) is 0 Å². The van der Waals surface area contributed by atoms with Gasteiger partial charge in [0.2, 0.25) is 0 Å². The second-order valence-corrected chi connectivity index (χ2v) is 4.89. The second-order valence-electron chi connectivity index (χ2n) is 3.87. The first-order valence-electron chi connectivity index (χ1n) is 5.28. The number of nitrogens with zero attached hydrogens (tertiary/aromatic N) is 4. The molecule has 0 bridgehead atoms. The summed E-state index contributed by atoms with van der Waals surface area (Å²) in [5.41, 5.74) is 0.912. The monoisotopic (exact) mass is 330 g/mol. The number of hydrogen-bond acceptors (Lipinski definition) is 4. The third-order valence-electron chi connectivity index (χ3n) is 2.81. The van der Waals surface area contributed by atoms with Crippen LogP contribution >= 0.6 is 22.6 Å². The van der Waals surface area contributed by atoms with Gasteiger partial charge in [-0.3, -0.25) is 0 Å². The first-order chi connectivity index (χ1) is 7.86. The molecule has 0 aliphatic carbocycles. The minimum absolute atomic E-state index is 0.315. The maximum atomic E-state index is 5.49. The van der Waals surface area contributed by atoms with Gasteiger partial charge >= 0.3 is 0 Å². The Balaban J connectivity index is 2.08. The molecule has 1 fully saturated rings. The molecule has 1 unspecified atom stereocenters. The summed E-state index contributed by atoms with van der Waals surface area (Å²) in [5, 5.41) is 5.56. The van der Waals surface area contributed by atoms with Crippen molar-refractivity contribution in [2.75, 3.05) is 13.2 Å². The second kappa shape index (κ2) is 4.25. The van der Waals surface area contributed by atoms with Crippen LogP contribution in [0.2, 0.25) is 0 Å². The lowest BCUT2D eigenvalue weighted by molar-refractivity contribution is 0.0561. The van der Waals surface area contributed by atoms with Crippen LogP contribution in [0.5, 0.6) is 0 Å². The average Bonchev–Trinajstić information content (AvgIpc) is 2.69. The molecule has 0 saturated carbocycles. The minimum Gasteiger partial charge on any atom is -0.379 e. The predicted molar refractivity (Wildman–Crippen MR) is 67.1 cm³/mol. The van der Waals surface area contributed by atoms with Crippen molar-refractivity contribution in [3.05, 3.63) is 16.2 Å². The minimum atomic E-state index is 0.315.